The molecular formula is C25H33N2O10P. The Morgan fingerprint density at radius 2 is 1.63 bits per heavy atom. The first-order valence-electron chi connectivity index (χ1n) is 11.9. The Labute approximate surface area is 220 Å². The van der Waals surface area contributed by atoms with Crippen molar-refractivity contribution in [1.29, 1.82) is 0 Å². The Kier molecular flexibility index (Phi) is 11.6. The van der Waals surface area contributed by atoms with Crippen LogP contribution in [0.1, 0.15) is 38.3 Å². The Bertz CT molecular complexity index is 1140. The van der Waals surface area contributed by atoms with E-state index in [1.165, 1.54) is 6.07 Å². The maximum Gasteiger partial charge on any atom is 0.524 e. The van der Waals surface area contributed by atoms with Crippen molar-refractivity contribution in [2.75, 3.05) is 6.61 Å². The molecule has 0 saturated heterocycles. The molecular weight excluding hydrogens is 519 g/mol. The molecule has 208 valence electrons. The monoisotopic (exact) mass is 552 g/mol. The summed E-state index contributed by atoms with van der Waals surface area (Å²) in [5.41, 5.74) is 1.12. The summed E-state index contributed by atoms with van der Waals surface area (Å²) in [7, 11) is -4.89. The van der Waals surface area contributed by atoms with Crippen molar-refractivity contribution in [3.63, 3.8) is 0 Å². The maximum absolute atomic E-state index is 13.1. The number of carbonyl (C=O) groups excluding carboxylic acids is 3. The van der Waals surface area contributed by atoms with E-state index < -0.39 is 49.4 Å². The lowest BCUT2D eigenvalue weighted by atomic mass is 10.0. The van der Waals surface area contributed by atoms with E-state index in [4.69, 9.17) is 19.3 Å². The van der Waals surface area contributed by atoms with E-state index in [0.29, 0.717) is 5.56 Å². The summed E-state index contributed by atoms with van der Waals surface area (Å²) < 4.78 is 25.7. The van der Waals surface area contributed by atoms with Crippen LogP contribution in [0.3, 0.4) is 0 Å². The molecule has 12 nitrogen and oxygen atoms in total. The number of benzene rings is 2. The number of phosphoric ester groups is 1. The number of hydrogen-bond donors (Lipinski definition) is 5. The zero-order valence-corrected chi connectivity index (χ0v) is 22.2. The number of ether oxygens (including phenoxy) is 2. The van der Waals surface area contributed by atoms with E-state index in [0.717, 1.165) is 17.7 Å². The molecule has 2 aromatic rings. The van der Waals surface area contributed by atoms with Crippen LogP contribution >= 0.6 is 7.82 Å². The van der Waals surface area contributed by atoms with Gasteiger partial charge in [-0.2, -0.15) is 0 Å². The average Bonchev–Trinajstić information content (AvgIpc) is 2.83. The summed E-state index contributed by atoms with van der Waals surface area (Å²) in [5.74, 6) is -2.39. The highest BCUT2D eigenvalue weighted by Crippen LogP contribution is 2.41. The Hall–Kier alpha value is -3.60. The van der Waals surface area contributed by atoms with E-state index in [1.807, 2.05) is 19.9 Å². The second-order valence-corrected chi connectivity index (χ2v) is 9.95. The largest absolute Gasteiger partial charge is 0.524 e. The van der Waals surface area contributed by atoms with Gasteiger partial charge in [0.05, 0.1) is 6.61 Å². The predicted octanol–water partition coefficient (Wildman–Crippen LogP) is 2.80. The van der Waals surface area contributed by atoms with Crippen molar-refractivity contribution in [3.8, 4) is 11.5 Å². The quantitative estimate of drug-likeness (QED) is 0.183. The van der Waals surface area contributed by atoms with Gasteiger partial charge in [-0.25, -0.2) is 14.2 Å². The zero-order chi connectivity index (χ0) is 28.3. The van der Waals surface area contributed by atoms with Crippen LogP contribution in [0.15, 0.2) is 48.5 Å². The highest BCUT2D eigenvalue weighted by molar-refractivity contribution is 7.46. The third-order valence-corrected chi connectivity index (χ3v) is 5.53. The van der Waals surface area contributed by atoms with Crippen LogP contribution < -0.4 is 15.2 Å². The number of esters is 1. The van der Waals surface area contributed by atoms with Gasteiger partial charge in [0.15, 0.2) is 11.5 Å². The van der Waals surface area contributed by atoms with Gasteiger partial charge in [-0.3, -0.25) is 14.6 Å². The fraction of sp³-hybridized carbons (Fsp3) is 0.400. The highest BCUT2D eigenvalue weighted by Gasteiger charge is 2.29. The standard InChI is InChI=1S/C25H33N2O10P/c1-4-35-24(30)20(13-18-10-11-22(21(28)14-18)37-38(32,33)34)26-23(29)19(12-16(2)3)27-25(31)36-15-17-8-6-5-7-9-17/h5-11,14,16,19-20,28H,4,12-13,15H2,1-3H3,(H,26,29)(H,27,31)(H2,32,33,34)/t19-,20-/m0/s1. The number of phenolic OH excluding ortho intramolecular Hbond substituents is 1. The molecule has 5 N–H and O–H groups in total. The normalized spacial score (nSPS) is 12.8. The zero-order valence-electron chi connectivity index (χ0n) is 21.3. The fourth-order valence-corrected chi connectivity index (χ4v) is 3.86. The van der Waals surface area contributed by atoms with Gasteiger partial charge in [0, 0.05) is 6.42 Å². The van der Waals surface area contributed by atoms with Crippen molar-refractivity contribution < 1.29 is 47.8 Å². The molecule has 0 unspecified atom stereocenters. The van der Waals surface area contributed by atoms with E-state index in [2.05, 4.69) is 15.2 Å². The summed E-state index contributed by atoms with van der Waals surface area (Å²) in [6, 6.07) is 10.5. The van der Waals surface area contributed by atoms with Gasteiger partial charge in [-0.05, 0) is 42.5 Å². The highest BCUT2D eigenvalue weighted by atomic mass is 31.2. The number of alkyl carbamates (subject to hydrolysis) is 1. The number of rotatable bonds is 13. The second-order valence-electron chi connectivity index (χ2n) is 8.79. The number of aromatic hydroxyl groups is 1. The van der Waals surface area contributed by atoms with E-state index in [1.54, 1.807) is 31.2 Å². The summed E-state index contributed by atoms with van der Waals surface area (Å²) >= 11 is 0. The molecule has 0 spiro atoms. The van der Waals surface area contributed by atoms with Gasteiger partial charge in [0.25, 0.3) is 0 Å². The van der Waals surface area contributed by atoms with Crippen LogP contribution in [0.2, 0.25) is 0 Å². The van der Waals surface area contributed by atoms with Crippen LogP contribution in [0, 0.1) is 5.92 Å². The van der Waals surface area contributed by atoms with Crippen molar-refractivity contribution in [2.45, 2.75) is 52.3 Å². The van der Waals surface area contributed by atoms with Crippen molar-refractivity contribution in [1.82, 2.24) is 10.6 Å². The summed E-state index contributed by atoms with van der Waals surface area (Å²) in [5, 5.41) is 15.2. The third kappa shape index (κ3) is 10.8. The van der Waals surface area contributed by atoms with Crippen LogP contribution in [0.5, 0.6) is 11.5 Å². The Morgan fingerprint density at radius 3 is 2.21 bits per heavy atom. The van der Waals surface area contributed by atoms with Crippen LogP contribution in [0.4, 0.5) is 4.79 Å². The molecule has 13 heteroatoms. The first kappa shape index (κ1) is 30.6. The number of hydrogen-bond acceptors (Lipinski definition) is 8. The summed E-state index contributed by atoms with van der Waals surface area (Å²) in [6.45, 7) is 5.39. The molecule has 0 fully saturated rings. The third-order valence-electron chi connectivity index (χ3n) is 5.10. The van der Waals surface area contributed by atoms with E-state index >= 15 is 0 Å². The van der Waals surface area contributed by atoms with Gasteiger partial charge in [0.2, 0.25) is 5.91 Å². The minimum atomic E-state index is -4.89. The smallest absolute Gasteiger partial charge is 0.504 e. The fourth-order valence-electron chi connectivity index (χ4n) is 3.45. The maximum atomic E-state index is 13.1. The van der Waals surface area contributed by atoms with Crippen LogP contribution in [-0.2, 0) is 36.7 Å². The number of phenols is 1. The number of phosphoric acid groups is 1. The van der Waals surface area contributed by atoms with Crippen molar-refractivity contribution in [2.24, 2.45) is 5.92 Å². The summed E-state index contributed by atoms with van der Waals surface area (Å²) in [4.78, 5) is 56.0. The first-order valence-corrected chi connectivity index (χ1v) is 13.4. The molecule has 2 amide bonds. The number of carbonyl (C=O) groups is 3. The number of nitrogens with one attached hydrogen (secondary N) is 2. The van der Waals surface area contributed by atoms with Crippen molar-refractivity contribution >= 4 is 25.8 Å². The summed E-state index contributed by atoms with van der Waals surface area (Å²) in [6.07, 6.45) is -0.661. The topological polar surface area (TPSA) is 181 Å². The molecule has 2 aromatic carbocycles. The first-order chi connectivity index (χ1) is 17.9. The molecule has 0 bridgehead atoms. The lowest BCUT2D eigenvalue weighted by molar-refractivity contribution is -0.147. The molecule has 2 rings (SSSR count). The van der Waals surface area contributed by atoms with Gasteiger partial charge in [-0.1, -0.05) is 50.2 Å². The van der Waals surface area contributed by atoms with Gasteiger partial charge in [-0.15, -0.1) is 0 Å². The predicted molar refractivity (Wildman–Crippen MR) is 136 cm³/mol. The molecule has 2 atom stereocenters. The second kappa shape index (κ2) is 14.4. The van der Waals surface area contributed by atoms with Gasteiger partial charge < -0.3 is 29.7 Å². The molecule has 0 aromatic heterocycles. The minimum absolute atomic E-state index is 0.0133. The number of amides is 2. The molecule has 0 saturated carbocycles. The van der Waals surface area contributed by atoms with Crippen LogP contribution in [0.25, 0.3) is 0 Å². The van der Waals surface area contributed by atoms with E-state index in [9.17, 15) is 24.1 Å². The van der Waals surface area contributed by atoms with Gasteiger partial charge in [0.1, 0.15) is 18.7 Å². The molecule has 0 aliphatic heterocycles. The SMILES string of the molecule is CCOC(=O)[C@H](Cc1ccc(OP(=O)(O)O)c(O)c1)NC(=O)[C@H](CC(C)C)NC(=O)OCc1ccccc1. The average molecular weight is 553 g/mol. The van der Waals surface area contributed by atoms with Gasteiger partial charge >= 0.3 is 19.9 Å². The molecule has 0 heterocycles. The molecule has 38 heavy (non-hydrogen) atoms. The lowest BCUT2D eigenvalue weighted by Gasteiger charge is -2.23. The lowest BCUT2D eigenvalue weighted by Crippen LogP contribution is -2.53. The molecule has 0 radical (unpaired) electrons. The van der Waals surface area contributed by atoms with Crippen molar-refractivity contribution in [3.05, 3.63) is 59.7 Å². The van der Waals surface area contributed by atoms with Crippen LogP contribution in [-0.4, -0.2) is 51.6 Å². The Morgan fingerprint density at radius 1 is 0.947 bits per heavy atom. The molecule has 0 aliphatic carbocycles. The molecule has 0 aliphatic rings. The minimum Gasteiger partial charge on any atom is -0.504 e. The Balaban J connectivity index is 2.13. The van der Waals surface area contributed by atoms with E-state index in [-0.39, 0.29) is 32.0 Å².